The lowest BCUT2D eigenvalue weighted by atomic mass is 9.98. The van der Waals surface area contributed by atoms with Crippen LogP contribution < -0.4 is 0 Å². The Hall–Kier alpha value is -1.23. The second-order valence-corrected chi connectivity index (χ2v) is 7.26. The Labute approximate surface area is 162 Å². The van der Waals surface area contributed by atoms with E-state index in [9.17, 15) is 15.0 Å². The van der Waals surface area contributed by atoms with Crippen molar-refractivity contribution in [1.29, 1.82) is 0 Å². The molecule has 0 aromatic heterocycles. The van der Waals surface area contributed by atoms with Crippen molar-refractivity contribution in [1.82, 2.24) is 0 Å². The van der Waals surface area contributed by atoms with Gasteiger partial charge in [0.25, 0.3) is 0 Å². The highest BCUT2D eigenvalue weighted by Crippen LogP contribution is 2.37. The van der Waals surface area contributed by atoms with Crippen LogP contribution >= 0.6 is 35.0 Å². The van der Waals surface area contributed by atoms with Gasteiger partial charge in [-0.15, -0.1) is 0 Å². The molecule has 0 spiro atoms. The summed E-state index contributed by atoms with van der Waals surface area (Å²) in [5, 5.41) is 32.7. The number of hydrogen-bond donors (Lipinski definition) is 3. The van der Waals surface area contributed by atoms with Gasteiger partial charge in [0.05, 0.1) is 28.8 Å². The Morgan fingerprint density at radius 2 is 2.15 bits per heavy atom. The summed E-state index contributed by atoms with van der Waals surface area (Å²) in [6.45, 7) is -1.21. The molecule has 0 amide bonds. The van der Waals surface area contributed by atoms with Crippen LogP contribution in [0.1, 0.15) is 0 Å². The van der Waals surface area contributed by atoms with Crippen molar-refractivity contribution in [3.05, 3.63) is 38.7 Å². The fourth-order valence-corrected chi connectivity index (χ4v) is 3.91. The van der Waals surface area contributed by atoms with Gasteiger partial charge < -0.3 is 24.8 Å². The molecule has 26 heavy (non-hydrogen) atoms. The predicted octanol–water partition coefficient (Wildman–Crippen LogP) is 2.31. The summed E-state index contributed by atoms with van der Waals surface area (Å²) in [5.41, 5.74) is 7.89. The molecule has 1 aromatic rings. The van der Waals surface area contributed by atoms with Gasteiger partial charge in [-0.25, -0.2) is 4.79 Å². The van der Waals surface area contributed by atoms with Crippen molar-refractivity contribution in [3.8, 4) is 0 Å². The Balaban J connectivity index is 2.31. The number of azide groups is 1. The molecular weight excluding hydrogens is 409 g/mol. The van der Waals surface area contributed by atoms with Crippen molar-refractivity contribution < 1.29 is 29.6 Å². The lowest BCUT2D eigenvalue weighted by Gasteiger charge is -2.42. The molecule has 5 atom stereocenters. The van der Waals surface area contributed by atoms with Crippen LogP contribution in [0.4, 0.5) is 0 Å². The highest BCUT2D eigenvalue weighted by Gasteiger charge is 2.46. The average Bonchev–Trinajstić information content (AvgIpc) is 2.60. The van der Waals surface area contributed by atoms with E-state index < -0.39 is 49.0 Å². The Kier molecular flexibility index (Phi) is 7.81. The van der Waals surface area contributed by atoms with E-state index >= 15 is 0 Å². The van der Waals surface area contributed by atoms with E-state index in [-0.39, 0.29) is 0 Å². The normalized spacial score (nSPS) is 28.4. The van der Waals surface area contributed by atoms with Crippen LogP contribution in [0.2, 0.25) is 10.0 Å². The number of thioether (sulfide) groups is 1. The van der Waals surface area contributed by atoms with Crippen molar-refractivity contribution in [2.75, 3.05) is 13.2 Å². The van der Waals surface area contributed by atoms with Crippen LogP contribution in [0.15, 0.2) is 28.2 Å². The van der Waals surface area contributed by atoms with Crippen molar-refractivity contribution in [2.24, 2.45) is 5.11 Å². The first-order chi connectivity index (χ1) is 12.4. The minimum Gasteiger partial charge on any atom is -0.480 e. The third-order valence-electron chi connectivity index (χ3n) is 3.55. The fraction of sp³-hybridized carbons (Fsp3) is 0.500. The third-order valence-corrected chi connectivity index (χ3v) is 5.43. The molecule has 2 rings (SSSR count). The minimum absolute atomic E-state index is 0.306. The third kappa shape index (κ3) is 5.15. The lowest BCUT2D eigenvalue weighted by molar-refractivity contribution is -0.181. The summed E-state index contributed by atoms with van der Waals surface area (Å²) in [4.78, 5) is 14.1. The van der Waals surface area contributed by atoms with Crippen LogP contribution in [-0.2, 0) is 14.3 Å². The monoisotopic (exact) mass is 423 g/mol. The number of aliphatic carboxylic acids is 1. The van der Waals surface area contributed by atoms with Crippen molar-refractivity contribution in [2.45, 2.75) is 34.7 Å². The second-order valence-electron chi connectivity index (χ2n) is 5.27. The maximum atomic E-state index is 10.8. The number of aliphatic hydroxyl groups is 2. The number of aliphatic hydroxyl groups excluding tert-OH is 2. The molecule has 142 valence electrons. The van der Waals surface area contributed by atoms with E-state index in [1.807, 2.05) is 0 Å². The predicted molar refractivity (Wildman–Crippen MR) is 94.4 cm³/mol. The first-order valence-electron chi connectivity index (χ1n) is 7.31. The Bertz CT molecular complexity index is 705. The highest BCUT2D eigenvalue weighted by molar-refractivity contribution is 7.99. The average molecular weight is 424 g/mol. The summed E-state index contributed by atoms with van der Waals surface area (Å²) in [6, 6.07) is 3.67. The van der Waals surface area contributed by atoms with E-state index in [0.717, 1.165) is 11.8 Å². The zero-order valence-corrected chi connectivity index (χ0v) is 15.4. The molecule has 0 bridgehead atoms. The molecule has 3 N–H and O–H groups in total. The number of carboxylic acid groups (broad SMARTS) is 1. The molecular formula is C14H15Cl2N3O6S. The van der Waals surface area contributed by atoms with Gasteiger partial charge in [-0.2, -0.15) is 0 Å². The molecule has 12 heteroatoms. The van der Waals surface area contributed by atoms with Crippen molar-refractivity contribution >= 4 is 40.9 Å². The van der Waals surface area contributed by atoms with Gasteiger partial charge in [0.2, 0.25) is 0 Å². The molecule has 1 fully saturated rings. The summed E-state index contributed by atoms with van der Waals surface area (Å²) in [7, 11) is 0. The molecule has 1 aliphatic heterocycles. The van der Waals surface area contributed by atoms with Gasteiger partial charge >= 0.3 is 5.97 Å². The molecule has 0 unspecified atom stereocenters. The topological polar surface area (TPSA) is 145 Å². The zero-order chi connectivity index (χ0) is 19.3. The van der Waals surface area contributed by atoms with Crippen LogP contribution in [-0.4, -0.2) is 64.3 Å². The van der Waals surface area contributed by atoms with Crippen LogP contribution in [0.3, 0.4) is 0 Å². The van der Waals surface area contributed by atoms with E-state index in [2.05, 4.69) is 10.0 Å². The standard InChI is InChI=1S/C14H15Cl2N3O6S/c15-7-2-1-6(3-8(7)16)26-14-13(24-5-10(21)22)11(18-19-17)12(23)9(4-20)25-14/h1-3,9,11-14,20,23H,4-5H2,(H,21,22)/t9-,11+,12+,13-,14-/m1/s1. The number of ether oxygens (including phenoxy) is 2. The summed E-state index contributed by atoms with van der Waals surface area (Å²) >= 11 is 13.0. The Morgan fingerprint density at radius 1 is 1.42 bits per heavy atom. The van der Waals surface area contributed by atoms with Gasteiger partial charge in [0, 0.05) is 9.81 Å². The number of carbonyl (C=O) groups is 1. The van der Waals surface area contributed by atoms with Crippen LogP contribution in [0.25, 0.3) is 10.4 Å². The van der Waals surface area contributed by atoms with Crippen molar-refractivity contribution in [3.63, 3.8) is 0 Å². The summed E-state index contributed by atoms with van der Waals surface area (Å²) in [6.07, 6.45) is -3.46. The number of rotatable bonds is 7. The number of carboxylic acids is 1. The minimum atomic E-state index is -1.36. The highest BCUT2D eigenvalue weighted by atomic mass is 35.5. The number of hydrogen-bond acceptors (Lipinski definition) is 7. The van der Waals surface area contributed by atoms with Gasteiger partial charge in [0.15, 0.2) is 0 Å². The smallest absolute Gasteiger partial charge is 0.329 e. The van der Waals surface area contributed by atoms with Gasteiger partial charge in [-0.3, -0.25) is 0 Å². The van der Waals surface area contributed by atoms with E-state index in [0.29, 0.717) is 14.9 Å². The fourth-order valence-electron chi connectivity index (χ4n) is 2.37. The molecule has 9 nitrogen and oxygen atoms in total. The molecule has 1 aliphatic rings. The van der Waals surface area contributed by atoms with Gasteiger partial charge in [-0.05, 0) is 23.7 Å². The molecule has 1 aromatic carbocycles. The van der Waals surface area contributed by atoms with Crippen LogP contribution in [0, 0.1) is 0 Å². The first kappa shape index (κ1) is 21.1. The number of benzene rings is 1. The Morgan fingerprint density at radius 3 is 2.73 bits per heavy atom. The first-order valence-corrected chi connectivity index (χ1v) is 8.94. The maximum Gasteiger partial charge on any atom is 0.329 e. The molecule has 0 saturated carbocycles. The number of nitrogens with zero attached hydrogens (tertiary/aromatic N) is 3. The van der Waals surface area contributed by atoms with E-state index in [1.54, 1.807) is 18.2 Å². The van der Waals surface area contributed by atoms with Gasteiger partial charge in [-0.1, -0.05) is 40.1 Å². The second kappa shape index (κ2) is 9.63. The van der Waals surface area contributed by atoms with E-state index in [4.69, 9.17) is 43.3 Å². The summed E-state index contributed by atoms with van der Waals surface area (Å²) < 4.78 is 10.9. The number of halogens is 2. The van der Waals surface area contributed by atoms with E-state index in [1.165, 1.54) is 0 Å². The lowest BCUT2D eigenvalue weighted by Crippen LogP contribution is -2.57. The SMILES string of the molecule is [N-]=[N+]=N[C@H]1[C@@H](O)[C@@H](CO)O[C@H](Sc2ccc(Cl)c(Cl)c2)[C@@H]1OCC(=O)O. The molecule has 0 radical (unpaired) electrons. The van der Waals surface area contributed by atoms with Crippen LogP contribution in [0.5, 0.6) is 0 Å². The molecule has 1 heterocycles. The maximum absolute atomic E-state index is 10.8. The molecule has 0 aliphatic carbocycles. The zero-order valence-electron chi connectivity index (χ0n) is 13.1. The molecule has 1 saturated heterocycles. The largest absolute Gasteiger partial charge is 0.480 e. The quantitative estimate of drug-likeness (QED) is 0.346. The van der Waals surface area contributed by atoms with Gasteiger partial charge in [0.1, 0.15) is 24.3 Å². The summed E-state index contributed by atoms with van der Waals surface area (Å²) in [5.74, 6) is -1.23.